The Labute approximate surface area is 89.8 Å². The molecule has 82 valence electrons. The number of hydrazone groups is 1. The fourth-order valence-electron chi connectivity index (χ4n) is 1.40. The van der Waals surface area contributed by atoms with Crippen LogP contribution in [0, 0.1) is 5.92 Å². The van der Waals surface area contributed by atoms with Gasteiger partial charge in [0, 0.05) is 5.70 Å². The van der Waals surface area contributed by atoms with Crippen molar-refractivity contribution < 1.29 is 0 Å². The summed E-state index contributed by atoms with van der Waals surface area (Å²) in [5, 5.41) is 5.74. The van der Waals surface area contributed by atoms with Crippen molar-refractivity contribution in [3.05, 3.63) is 24.0 Å². The third-order valence-corrected chi connectivity index (χ3v) is 2.12. The molecule has 0 aliphatic carbocycles. The molecule has 0 radical (unpaired) electrons. The average molecular weight is 207 g/mol. The highest BCUT2D eigenvalue weighted by atomic mass is 15.5. The quantitative estimate of drug-likeness (QED) is 0.707. The SMILES string of the molecule is C=C1C(N)=NC(N)=NN1/C(=C\C)C(C)C. The molecule has 0 fully saturated rings. The van der Waals surface area contributed by atoms with Crippen molar-refractivity contribution in [1.29, 1.82) is 0 Å². The van der Waals surface area contributed by atoms with Crippen molar-refractivity contribution in [1.82, 2.24) is 5.01 Å². The smallest absolute Gasteiger partial charge is 0.240 e. The van der Waals surface area contributed by atoms with Gasteiger partial charge in [0.25, 0.3) is 0 Å². The molecule has 0 aromatic carbocycles. The number of rotatable bonds is 2. The highest BCUT2D eigenvalue weighted by Gasteiger charge is 2.21. The van der Waals surface area contributed by atoms with Gasteiger partial charge in [-0.25, -0.2) is 5.01 Å². The third kappa shape index (κ3) is 2.18. The molecule has 0 spiro atoms. The number of guanidine groups is 1. The fraction of sp³-hybridized carbons (Fsp3) is 0.400. The van der Waals surface area contributed by atoms with E-state index in [0.29, 0.717) is 17.5 Å². The minimum atomic E-state index is 0.153. The molecule has 0 unspecified atom stereocenters. The Kier molecular flexibility index (Phi) is 3.14. The Morgan fingerprint density at radius 1 is 1.47 bits per heavy atom. The van der Waals surface area contributed by atoms with Crippen molar-refractivity contribution in [3.8, 4) is 0 Å². The summed E-state index contributed by atoms with van der Waals surface area (Å²) >= 11 is 0. The monoisotopic (exact) mass is 207 g/mol. The maximum Gasteiger partial charge on any atom is 0.240 e. The number of hydrogen-bond acceptors (Lipinski definition) is 5. The first-order chi connectivity index (χ1) is 6.97. The maximum atomic E-state index is 5.67. The summed E-state index contributed by atoms with van der Waals surface area (Å²) in [6.07, 6.45) is 1.96. The predicted molar refractivity (Wildman–Crippen MR) is 62.8 cm³/mol. The number of nitrogens with zero attached hydrogens (tertiary/aromatic N) is 3. The van der Waals surface area contributed by atoms with Gasteiger partial charge < -0.3 is 11.5 Å². The molecule has 0 saturated heterocycles. The zero-order valence-electron chi connectivity index (χ0n) is 9.36. The molecule has 1 aliphatic rings. The molecule has 0 aromatic heterocycles. The van der Waals surface area contributed by atoms with Crippen molar-refractivity contribution in [3.63, 3.8) is 0 Å². The van der Waals surface area contributed by atoms with Crippen LogP contribution in [0.25, 0.3) is 0 Å². The molecular formula is C10H17N5. The van der Waals surface area contributed by atoms with Crippen molar-refractivity contribution in [2.24, 2.45) is 27.5 Å². The Hall–Kier alpha value is -1.78. The van der Waals surface area contributed by atoms with Crippen LogP contribution in [0.15, 0.2) is 34.1 Å². The van der Waals surface area contributed by atoms with E-state index in [1.807, 2.05) is 13.0 Å². The van der Waals surface area contributed by atoms with Gasteiger partial charge >= 0.3 is 0 Å². The van der Waals surface area contributed by atoms with Gasteiger partial charge in [-0.3, -0.25) is 0 Å². The lowest BCUT2D eigenvalue weighted by Crippen LogP contribution is -2.35. The van der Waals surface area contributed by atoms with Crippen molar-refractivity contribution in [2.45, 2.75) is 20.8 Å². The van der Waals surface area contributed by atoms with Gasteiger partial charge in [-0.2, -0.15) is 4.99 Å². The fourth-order valence-corrected chi connectivity index (χ4v) is 1.40. The molecule has 5 nitrogen and oxygen atoms in total. The lowest BCUT2D eigenvalue weighted by molar-refractivity contribution is 0.415. The van der Waals surface area contributed by atoms with Gasteiger partial charge in [0.15, 0.2) is 5.84 Å². The van der Waals surface area contributed by atoms with Crippen LogP contribution < -0.4 is 11.5 Å². The molecule has 1 heterocycles. The van der Waals surface area contributed by atoms with E-state index in [2.05, 4.69) is 30.5 Å². The molecule has 5 heteroatoms. The van der Waals surface area contributed by atoms with E-state index < -0.39 is 0 Å². The summed E-state index contributed by atoms with van der Waals surface area (Å²) in [5.41, 5.74) is 12.8. The molecule has 0 saturated carbocycles. The topological polar surface area (TPSA) is 80.0 Å². The predicted octanol–water partition coefficient (Wildman–Crippen LogP) is 0.962. The van der Waals surface area contributed by atoms with Crippen LogP contribution in [0.1, 0.15) is 20.8 Å². The zero-order valence-corrected chi connectivity index (χ0v) is 9.36. The summed E-state index contributed by atoms with van der Waals surface area (Å²) in [6, 6.07) is 0. The first-order valence-corrected chi connectivity index (χ1v) is 4.81. The summed E-state index contributed by atoms with van der Waals surface area (Å²) in [5.74, 6) is 0.775. The Balaban J connectivity index is 3.07. The van der Waals surface area contributed by atoms with E-state index >= 15 is 0 Å². The second-order valence-electron chi connectivity index (χ2n) is 3.58. The number of allylic oxidation sites excluding steroid dienone is 2. The second-order valence-corrected chi connectivity index (χ2v) is 3.58. The number of aliphatic imine (C=N–C) groups is 1. The molecule has 0 atom stereocenters. The Bertz CT molecular complexity index is 362. The highest BCUT2D eigenvalue weighted by Crippen LogP contribution is 2.22. The van der Waals surface area contributed by atoms with Crippen LogP contribution in [0.5, 0.6) is 0 Å². The Morgan fingerprint density at radius 3 is 2.53 bits per heavy atom. The van der Waals surface area contributed by atoms with Crippen LogP contribution in [0.3, 0.4) is 0 Å². The number of nitrogens with two attached hydrogens (primary N) is 2. The molecule has 1 rings (SSSR count). The van der Waals surface area contributed by atoms with E-state index in [0.717, 1.165) is 5.70 Å². The third-order valence-electron chi connectivity index (χ3n) is 2.12. The molecule has 4 N–H and O–H groups in total. The van der Waals surface area contributed by atoms with Gasteiger partial charge in [-0.1, -0.05) is 26.5 Å². The lowest BCUT2D eigenvalue weighted by Gasteiger charge is -2.28. The van der Waals surface area contributed by atoms with Crippen molar-refractivity contribution in [2.75, 3.05) is 0 Å². The van der Waals surface area contributed by atoms with Gasteiger partial charge in [-0.15, -0.1) is 5.10 Å². The van der Waals surface area contributed by atoms with E-state index in [4.69, 9.17) is 11.5 Å². The van der Waals surface area contributed by atoms with Gasteiger partial charge in [0.2, 0.25) is 5.96 Å². The zero-order chi connectivity index (χ0) is 11.6. The first kappa shape index (κ1) is 11.3. The summed E-state index contributed by atoms with van der Waals surface area (Å²) in [6.45, 7) is 9.90. The van der Waals surface area contributed by atoms with Crippen LogP contribution in [-0.2, 0) is 0 Å². The first-order valence-electron chi connectivity index (χ1n) is 4.81. The van der Waals surface area contributed by atoms with Gasteiger partial charge in [0.05, 0.1) is 0 Å². The van der Waals surface area contributed by atoms with Crippen LogP contribution >= 0.6 is 0 Å². The average Bonchev–Trinajstić information content (AvgIpc) is 2.13. The van der Waals surface area contributed by atoms with Crippen LogP contribution in [-0.4, -0.2) is 16.8 Å². The normalized spacial score (nSPS) is 18.0. The maximum absolute atomic E-state index is 5.67. The van der Waals surface area contributed by atoms with E-state index in [-0.39, 0.29) is 5.96 Å². The van der Waals surface area contributed by atoms with Crippen LogP contribution in [0.2, 0.25) is 0 Å². The van der Waals surface area contributed by atoms with Gasteiger partial charge in [-0.05, 0) is 12.8 Å². The minimum Gasteiger partial charge on any atom is -0.382 e. The molecule has 0 amide bonds. The van der Waals surface area contributed by atoms with Crippen molar-refractivity contribution >= 4 is 11.8 Å². The van der Waals surface area contributed by atoms with E-state index in [1.165, 1.54) is 0 Å². The molecular weight excluding hydrogens is 190 g/mol. The second kappa shape index (κ2) is 4.16. The van der Waals surface area contributed by atoms with E-state index in [9.17, 15) is 0 Å². The number of amidine groups is 1. The minimum absolute atomic E-state index is 0.153. The van der Waals surface area contributed by atoms with Gasteiger partial charge in [0.1, 0.15) is 5.70 Å². The molecule has 15 heavy (non-hydrogen) atoms. The summed E-state index contributed by atoms with van der Waals surface area (Å²) < 4.78 is 0. The summed E-state index contributed by atoms with van der Waals surface area (Å²) in [7, 11) is 0. The number of hydrogen-bond donors (Lipinski definition) is 2. The summed E-state index contributed by atoms with van der Waals surface area (Å²) in [4.78, 5) is 3.84. The molecule has 1 aliphatic heterocycles. The molecule has 0 bridgehead atoms. The lowest BCUT2D eigenvalue weighted by atomic mass is 10.1. The standard InChI is InChI=1S/C10H17N5/c1-5-8(6(2)3)15-7(4)9(11)13-10(12)14-15/h5-6H,4H2,1-3H3,(H4,11,12,13,14)/b8-5-. The largest absolute Gasteiger partial charge is 0.382 e. The Morgan fingerprint density at radius 2 is 2.07 bits per heavy atom. The molecule has 0 aromatic rings. The highest BCUT2D eigenvalue weighted by molar-refractivity contribution is 6.05. The van der Waals surface area contributed by atoms with Crippen LogP contribution in [0.4, 0.5) is 0 Å². The van der Waals surface area contributed by atoms with E-state index in [1.54, 1.807) is 5.01 Å².